The number of nitrogens with zero attached hydrogens (tertiary/aromatic N) is 3. The van der Waals surface area contributed by atoms with Crippen LogP contribution in [0.1, 0.15) is 25.8 Å². The van der Waals surface area contributed by atoms with Crippen LogP contribution in [0.5, 0.6) is 0 Å². The number of benzene rings is 1. The highest BCUT2D eigenvalue weighted by atomic mass is 19.4. The zero-order valence-electron chi connectivity index (χ0n) is 12.5. The largest absolute Gasteiger partial charge is 0.418 e. The summed E-state index contributed by atoms with van der Waals surface area (Å²) in [4.78, 5) is 20.8. The first-order valence-corrected chi connectivity index (χ1v) is 6.48. The molecule has 0 aromatic heterocycles. The molecule has 0 saturated heterocycles. The summed E-state index contributed by atoms with van der Waals surface area (Å²) in [5, 5.41) is 22.1. The van der Waals surface area contributed by atoms with Crippen LogP contribution in [0.4, 0.5) is 35.9 Å². The highest BCUT2D eigenvalue weighted by Crippen LogP contribution is 2.48. The fraction of sp³-hybridized carbons (Fsp3) is 0.500. The van der Waals surface area contributed by atoms with Crippen LogP contribution in [0.2, 0.25) is 0 Å². The predicted octanol–water partition coefficient (Wildman–Crippen LogP) is 3.34. The number of alkyl halides is 3. The lowest BCUT2D eigenvalue weighted by molar-refractivity contribution is -0.392. The molecule has 11 heteroatoms. The van der Waals surface area contributed by atoms with Crippen molar-refractivity contribution >= 4 is 22.7 Å². The molecule has 0 saturated carbocycles. The van der Waals surface area contributed by atoms with E-state index in [2.05, 4.69) is 0 Å². The van der Waals surface area contributed by atoms with E-state index in [9.17, 15) is 33.4 Å². The Kier molecular flexibility index (Phi) is 5.03. The van der Waals surface area contributed by atoms with Gasteiger partial charge in [0.2, 0.25) is 0 Å². The maximum atomic E-state index is 13.3. The summed E-state index contributed by atoms with van der Waals surface area (Å²) in [6.45, 7) is 3.26. The van der Waals surface area contributed by atoms with Crippen molar-refractivity contribution in [1.29, 1.82) is 0 Å². The number of nitrogen functional groups attached to an aromatic ring is 1. The van der Waals surface area contributed by atoms with E-state index in [1.807, 2.05) is 0 Å². The molecule has 0 aliphatic heterocycles. The van der Waals surface area contributed by atoms with Gasteiger partial charge in [-0.15, -0.1) is 0 Å². The molecule has 1 unspecified atom stereocenters. The van der Waals surface area contributed by atoms with Gasteiger partial charge < -0.3 is 10.6 Å². The summed E-state index contributed by atoms with van der Waals surface area (Å²) >= 11 is 0. The molecule has 1 rings (SSSR count). The Morgan fingerprint density at radius 2 is 1.83 bits per heavy atom. The number of nitrogens with two attached hydrogens (primary N) is 1. The van der Waals surface area contributed by atoms with Gasteiger partial charge in [0.1, 0.15) is 5.69 Å². The number of halogens is 3. The van der Waals surface area contributed by atoms with E-state index in [0.717, 1.165) is 4.90 Å². The zero-order valence-corrected chi connectivity index (χ0v) is 12.5. The molecule has 2 N–H and O–H groups in total. The number of nitro benzene ring substituents is 2. The van der Waals surface area contributed by atoms with Gasteiger partial charge in [-0.25, -0.2) is 0 Å². The highest BCUT2D eigenvalue weighted by molar-refractivity contribution is 5.85. The Morgan fingerprint density at radius 3 is 2.17 bits per heavy atom. The maximum Gasteiger partial charge on any atom is 0.418 e. The van der Waals surface area contributed by atoms with Gasteiger partial charge in [0.05, 0.1) is 15.4 Å². The predicted molar refractivity (Wildman–Crippen MR) is 77.3 cm³/mol. The normalized spacial score (nSPS) is 12.8. The lowest BCUT2D eigenvalue weighted by Gasteiger charge is -2.28. The molecule has 0 aliphatic carbocycles. The first kappa shape index (κ1) is 18.5. The minimum absolute atomic E-state index is 0.233. The summed E-state index contributed by atoms with van der Waals surface area (Å²) in [6, 6.07) is -0.244. The first-order valence-electron chi connectivity index (χ1n) is 6.48. The van der Waals surface area contributed by atoms with Crippen LogP contribution in [0.15, 0.2) is 6.07 Å². The number of rotatable bonds is 5. The van der Waals surface area contributed by atoms with E-state index in [0.29, 0.717) is 6.42 Å². The standard InChI is InChI=1S/C12H15F3N4O4/c1-4-6(2)17(3)10-7(12(13,14)15)5-8(18(20)21)9(16)11(10)19(22)23/h5-6H,4,16H2,1-3H3. The molecular weight excluding hydrogens is 321 g/mol. The van der Waals surface area contributed by atoms with Crippen LogP contribution in [0, 0.1) is 20.2 Å². The van der Waals surface area contributed by atoms with Gasteiger partial charge in [-0.1, -0.05) is 6.92 Å². The molecule has 23 heavy (non-hydrogen) atoms. The van der Waals surface area contributed by atoms with Crippen LogP contribution < -0.4 is 10.6 Å². The Bertz CT molecular complexity index is 648. The van der Waals surface area contributed by atoms with Crippen molar-refractivity contribution in [3.05, 3.63) is 31.9 Å². The topological polar surface area (TPSA) is 116 Å². The van der Waals surface area contributed by atoms with E-state index < -0.39 is 50.4 Å². The second-order valence-corrected chi connectivity index (χ2v) is 4.93. The van der Waals surface area contributed by atoms with Gasteiger partial charge in [-0.05, 0) is 13.3 Å². The third-order valence-corrected chi connectivity index (χ3v) is 3.58. The smallest absolute Gasteiger partial charge is 0.387 e. The second-order valence-electron chi connectivity index (χ2n) is 4.93. The minimum atomic E-state index is -5.01. The van der Waals surface area contributed by atoms with Gasteiger partial charge >= 0.3 is 11.9 Å². The first-order chi connectivity index (χ1) is 10.4. The monoisotopic (exact) mass is 336 g/mol. The lowest BCUT2D eigenvalue weighted by Crippen LogP contribution is -2.31. The molecule has 0 aliphatic rings. The fourth-order valence-electron chi connectivity index (χ4n) is 2.06. The molecular formula is C12H15F3N4O4. The second kappa shape index (κ2) is 6.26. The molecule has 8 nitrogen and oxygen atoms in total. The summed E-state index contributed by atoms with van der Waals surface area (Å²) in [5.41, 5.74) is -0.0112. The minimum Gasteiger partial charge on any atom is -0.387 e. The quantitative estimate of drug-likeness (QED) is 0.501. The van der Waals surface area contributed by atoms with Crippen molar-refractivity contribution in [2.75, 3.05) is 17.7 Å². The van der Waals surface area contributed by atoms with Crippen molar-refractivity contribution in [2.45, 2.75) is 32.5 Å². The third-order valence-electron chi connectivity index (χ3n) is 3.58. The molecule has 128 valence electrons. The molecule has 0 heterocycles. The number of nitro groups is 2. The number of hydrogen-bond acceptors (Lipinski definition) is 6. The molecule has 1 atom stereocenters. The Hall–Kier alpha value is -2.59. The Morgan fingerprint density at radius 1 is 1.30 bits per heavy atom. The zero-order chi connectivity index (χ0) is 18.1. The molecule has 0 spiro atoms. The summed E-state index contributed by atoms with van der Waals surface area (Å²) < 4.78 is 39.8. The van der Waals surface area contributed by atoms with Gasteiger partial charge in [0, 0.05) is 19.2 Å². The van der Waals surface area contributed by atoms with Crippen molar-refractivity contribution in [3.63, 3.8) is 0 Å². The van der Waals surface area contributed by atoms with Crippen molar-refractivity contribution in [1.82, 2.24) is 0 Å². The Labute approximate surface area is 129 Å². The summed E-state index contributed by atoms with van der Waals surface area (Å²) in [7, 11) is 1.25. The maximum absolute atomic E-state index is 13.3. The van der Waals surface area contributed by atoms with Gasteiger partial charge in [-0.3, -0.25) is 20.2 Å². The van der Waals surface area contributed by atoms with Gasteiger partial charge in [0.15, 0.2) is 5.69 Å². The lowest BCUT2D eigenvalue weighted by atomic mass is 10.0. The molecule has 0 bridgehead atoms. The van der Waals surface area contributed by atoms with Crippen LogP contribution in [-0.2, 0) is 6.18 Å². The van der Waals surface area contributed by atoms with Crippen LogP contribution >= 0.6 is 0 Å². The SMILES string of the molecule is CCC(C)N(C)c1c(C(F)(F)F)cc([N+](=O)[O-])c(N)c1[N+](=O)[O-]. The average molecular weight is 336 g/mol. The van der Waals surface area contributed by atoms with E-state index in [-0.39, 0.29) is 6.07 Å². The average Bonchev–Trinajstić information content (AvgIpc) is 2.42. The number of hydrogen-bond donors (Lipinski definition) is 1. The molecule has 0 fully saturated rings. The van der Waals surface area contributed by atoms with Gasteiger partial charge in [0.25, 0.3) is 5.69 Å². The highest BCUT2D eigenvalue weighted by Gasteiger charge is 2.43. The molecule has 1 aromatic rings. The third kappa shape index (κ3) is 3.43. The number of anilines is 2. The summed E-state index contributed by atoms with van der Waals surface area (Å²) in [5.74, 6) is 0. The Balaban J connectivity index is 3.93. The summed E-state index contributed by atoms with van der Waals surface area (Å²) in [6.07, 6.45) is -4.61. The van der Waals surface area contributed by atoms with Crippen LogP contribution in [0.3, 0.4) is 0 Å². The van der Waals surface area contributed by atoms with Gasteiger partial charge in [-0.2, -0.15) is 13.2 Å². The van der Waals surface area contributed by atoms with Crippen molar-refractivity contribution in [2.24, 2.45) is 0 Å². The molecule has 1 aromatic carbocycles. The molecule has 0 amide bonds. The van der Waals surface area contributed by atoms with Crippen LogP contribution in [0.25, 0.3) is 0 Å². The fourth-order valence-corrected chi connectivity index (χ4v) is 2.06. The van der Waals surface area contributed by atoms with E-state index in [4.69, 9.17) is 5.73 Å². The van der Waals surface area contributed by atoms with E-state index in [1.165, 1.54) is 7.05 Å². The van der Waals surface area contributed by atoms with E-state index in [1.54, 1.807) is 13.8 Å². The van der Waals surface area contributed by atoms with Crippen molar-refractivity contribution < 1.29 is 23.0 Å². The molecule has 0 radical (unpaired) electrons. The van der Waals surface area contributed by atoms with Crippen molar-refractivity contribution in [3.8, 4) is 0 Å². The van der Waals surface area contributed by atoms with Crippen LogP contribution in [-0.4, -0.2) is 22.9 Å². The van der Waals surface area contributed by atoms with E-state index >= 15 is 0 Å².